The summed E-state index contributed by atoms with van der Waals surface area (Å²) >= 11 is 0. The summed E-state index contributed by atoms with van der Waals surface area (Å²) in [6, 6.07) is 11.0. The van der Waals surface area contributed by atoms with Crippen LogP contribution < -0.4 is 14.8 Å². The van der Waals surface area contributed by atoms with E-state index >= 15 is 0 Å². The van der Waals surface area contributed by atoms with Crippen LogP contribution in [-0.4, -0.2) is 25.7 Å². The summed E-state index contributed by atoms with van der Waals surface area (Å²) in [5.74, 6) is 2.14. The van der Waals surface area contributed by atoms with Gasteiger partial charge in [-0.2, -0.15) is 0 Å². The minimum Gasteiger partial charge on any atom is -0.454 e. The highest BCUT2D eigenvalue weighted by Crippen LogP contribution is 2.36. The quantitative estimate of drug-likeness (QED) is 0.944. The number of hydrogen-bond acceptors (Lipinski definition) is 4. The third-order valence-electron chi connectivity index (χ3n) is 4.17. The third kappa shape index (κ3) is 2.63. The van der Waals surface area contributed by atoms with E-state index in [1.165, 1.54) is 6.07 Å². The van der Waals surface area contributed by atoms with Crippen molar-refractivity contribution in [2.75, 3.05) is 19.9 Å². The van der Waals surface area contributed by atoms with Crippen molar-refractivity contribution in [3.63, 3.8) is 0 Å². The minimum atomic E-state index is -0.191. The molecule has 4 rings (SSSR count). The second kappa shape index (κ2) is 5.91. The molecule has 5 heteroatoms. The van der Waals surface area contributed by atoms with Crippen molar-refractivity contribution in [1.29, 1.82) is 0 Å². The van der Waals surface area contributed by atoms with Gasteiger partial charge in [0.1, 0.15) is 11.7 Å². The van der Waals surface area contributed by atoms with Crippen LogP contribution in [0.3, 0.4) is 0 Å². The lowest BCUT2D eigenvalue weighted by atomic mass is 9.98. The fourth-order valence-electron chi connectivity index (χ4n) is 3.06. The van der Waals surface area contributed by atoms with Crippen molar-refractivity contribution in [2.24, 2.45) is 4.99 Å². The molecule has 0 aromatic heterocycles. The first-order valence-corrected chi connectivity index (χ1v) is 7.76. The Morgan fingerprint density at radius 2 is 2.00 bits per heavy atom. The molecule has 0 unspecified atom stereocenters. The van der Waals surface area contributed by atoms with Gasteiger partial charge in [-0.15, -0.1) is 0 Å². The number of aryl methyl sites for hydroxylation is 1. The van der Waals surface area contributed by atoms with Gasteiger partial charge in [-0.25, -0.2) is 4.39 Å². The van der Waals surface area contributed by atoms with E-state index in [2.05, 4.69) is 10.3 Å². The molecule has 0 fully saturated rings. The van der Waals surface area contributed by atoms with Crippen LogP contribution in [-0.2, 0) is 12.8 Å². The summed E-state index contributed by atoms with van der Waals surface area (Å²) < 4.78 is 25.3. The van der Waals surface area contributed by atoms with Gasteiger partial charge in [0.05, 0.1) is 6.54 Å². The van der Waals surface area contributed by atoms with Gasteiger partial charge in [0.15, 0.2) is 11.5 Å². The molecule has 2 aromatic carbocycles. The second-order valence-electron chi connectivity index (χ2n) is 5.57. The highest BCUT2D eigenvalue weighted by molar-refractivity contribution is 6.01. The fraction of sp³-hybridized carbons (Fsp3) is 0.278. The first-order valence-electron chi connectivity index (χ1n) is 7.76. The second-order valence-corrected chi connectivity index (χ2v) is 5.57. The average Bonchev–Trinajstić information content (AvgIpc) is 3.25. The number of ether oxygens (including phenoxy) is 2. The normalized spacial score (nSPS) is 15.4. The molecule has 2 aromatic rings. The van der Waals surface area contributed by atoms with Crippen LogP contribution in [0.1, 0.15) is 16.7 Å². The molecule has 0 radical (unpaired) electrons. The van der Waals surface area contributed by atoms with Crippen molar-refractivity contribution in [3.8, 4) is 11.5 Å². The number of halogens is 1. The molecule has 4 nitrogen and oxygen atoms in total. The number of rotatable bonds is 4. The molecule has 0 aliphatic carbocycles. The standard InChI is InChI=1S/C18H17FN2O2/c19-15-5-2-4-14(18-20-9-10-21-18)13(15)8-7-12-3-1-6-16-17(12)23-11-22-16/h1-6H,7-11H2,(H,20,21). The van der Waals surface area contributed by atoms with Gasteiger partial charge in [-0.3, -0.25) is 4.99 Å². The maximum Gasteiger partial charge on any atom is 0.231 e. The van der Waals surface area contributed by atoms with Crippen LogP contribution in [0.15, 0.2) is 41.4 Å². The van der Waals surface area contributed by atoms with Crippen molar-refractivity contribution in [2.45, 2.75) is 12.8 Å². The summed E-state index contributed by atoms with van der Waals surface area (Å²) in [6.07, 6.45) is 1.27. The first-order chi connectivity index (χ1) is 11.3. The monoisotopic (exact) mass is 312 g/mol. The molecule has 2 aliphatic rings. The van der Waals surface area contributed by atoms with E-state index in [1.807, 2.05) is 24.3 Å². The summed E-state index contributed by atoms with van der Waals surface area (Å²) in [5.41, 5.74) is 2.58. The van der Waals surface area contributed by atoms with Crippen LogP contribution in [0.2, 0.25) is 0 Å². The van der Waals surface area contributed by atoms with Crippen LogP contribution >= 0.6 is 0 Å². The summed E-state index contributed by atoms with van der Waals surface area (Å²) in [4.78, 5) is 4.41. The van der Waals surface area contributed by atoms with E-state index in [-0.39, 0.29) is 12.6 Å². The Labute approximate surface area is 134 Å². The molecule has 0 amide bonds. The van der Waals surface area contributed by atoms with E-state index < -0.39 is 0 Å². The number of nitrogens with one attached hydrogen (secondary N) is 1. The van der Waals surface area contributed by atoms with Crippen molar-refractivity contribution in [3.05, 3.63) is 58.9 Å². The van der Waals surface area contributed by atoms with E-state index in [0.29, 0.717) is 18.4 Å². The summed E-state index contributed by atoms with van der Waals surface area (Å²) in [5, 5.41) is 3.22. The Morgan fingerprint density at radius 1 is 1.09 bits per heavy atom. The van der Waals surface area contributed by atoms with E-state index in [9.17, 15) is 4.39 Å². The Balaban J connectivity index is 1.61. The minimum absolute atomic E-state index is 0.191. The first kappa shape index (κ1) is 14.1. The largest absolute Gasteiger partial charge is 0.454 e. The van der Waals surface area contributed by atoms with Gasteiger partial charge in [0.25, 0.3) is 0 Å². The molecule has 2 heterocycles. The van der Waals surface area contributed by atoms with Gasteiger partial charge in [0.2, 0.25) is 6.79 Å². The van der Waals surface area contributed by atoms with Crippen LogP contribution in [0.25, 0.3) is 0 Å². The van der Waals surface area contributed by atoms with Gasteiger partial charge in [-0.1, -0.05) is 24.3 Å². The molecular weight excluding hydrogens is 295 g/mol. The zero-order valence-corrected chi connectivity index (χ0v) is 12.6. The van der Waals surface area contributed by atoms with Crippen molar-refractivity contribution >= 4 is 5.84 Å². The number of nitrogens with zero attached hydrogens (tertiary/aromatic N) is 1. The molecular formula is C18H17FN2O2. The summed E-state index contributed by atoms with van der Waals surface area (Å²) in [7, 11) is 0. The number of benzene rings is 2. The van der Waals surface area contributed by atoms with E-state index in [4.69, 9.17) is 9.47 Å². The van der Waals surface area contributed by atoms with Crippen molar-refractivity contribution < 1.29 is 13.9 Å². The number of para-hydroxylation sites is 1. The van der Waals surface area contributed by atoms with Crippen LogP contribution in [0.4, 0.5) is 4.39 Å². The van der Waals surface area contributed by atoms with E-state index in [0.717, 1.165) is 41.6 Å². The lowest BCUT2D eigenvalue weighted by molar-refractivity contribution is 0.173. The summed E-state index contributed by atoms with van der Waals surface area (Å²) in [6.45, 7) is 1.79. The van der Waals surface area contributed by atoms with Gasteiger partial charge in [0, 0.05) is 12.1 Å². The Morgan fingerprint density at radius 3 is 2.87 bits per heavy atom. The molecule has 1 N–H and O–H groups in total. The Kier molecular flexibility index (Phi) is 3.61. The predicted molar refractivity (Wildman–Crippen MR) is 85.8 cm³/mol. The SMILES string of the molecule is Fc1cccc(C2=NCCN2)c1CCc1cccc2c1OCO2. The van der Waals surface area contributed by atoms with Gasteiger partial charge >= 0.3 is 0 Å². The zero-order valence-electron chi connectivity index (χ0n) is 12.6. The van der Waals surface area contributed by atoms with Crippen LogP contribution in [0, 0.1) is 5.82 Å². The highest BCUT2D eigenvalue weighted by Gasteiger charge is 2.19. The third-order valence-corrected chi connectivity index (χ3v) is 4.17. The van der Waals surface area contributed by atoms with Gasteiger partial charge < -0.3 is 14.8 Å². The highest BCUT2D eigenvalue weighted by atomic mass is 19.1. The molecule has 0 saturated carbocycles. The molecule has 0 saturated heterocycles. The molecule has 2 aliphatic heterocycles. The predicted octanol–water partition coefficient (Wildman–Crippen LogP) is 2.69. The Hall–Kier alpha value is -2.56. The number of aliphatic imine (C=N–C) groups is 1. The molecule has 0 bridgehead atoms. The van der Waals surface area contributed by atoms with Gasteiger partial charge in [-0.05, 0) is 36.1 Å². The molecule has 0 atom stereocenters. The number of amidine groups is 1. The lowest BCUT2D eigenvalue weighted by Gasteiger charge is -2.12. The Bertz CT molecular complexity index is 774. The maximum absolute atomic E-state index is 14.3. The number of hydrogen-bond donors (Lipinski definition) is 1. The zero-order chi connectivity index (χ0) is 15.6. The smallest absolute Gasteiger partial charge is 0.231 e. The average molecular weight is 312 g/mol. The molecule has 23 heavy (non-hydrogen) atoms. The maximum atomic E-state index is 14.3. The lowest BCUT2D eigenvalue weighted by Crippen LogP contribution is -2.21. The van der Waals surface area contributed by atoms with E-state index in [1.54, 1.807) is 6.07 Å². The molecule has 118 valence electrons. The molecule has 0 spiro atoms. The van der Waals surface area contributed by atoms with Crippen LogP contribution in [0.5, 0.6) is 11.5 Å². The fourth-order valence-corrected chi connectivity index (χ4v) is 3.06. The number of fused-ring (bicyclic) bond motifs is 1. The van der Waals surface area contributed by atoms with Crippen molar-refractivity contribution in [1.82, 2.24) is 5.32 Å². The topological polar surface area (TPSA) is 42.9 Å².